The predicted octanol–water partition coefficient (Wildman–Crippen LogP) is 2.36. The molecule has 0 aromatic heterocycles. The van der Waals surface area contributed by atoms with Crippen LogP contribution in [0.3, 0.4) is 0 Å². The zero-order chi connectivity index (χ0) is 21.0. The number of piperidine rings is 1. The van der Waals surface area contributed by atoms with Crippen LogP contribution in [0, 0.1) is 5.92 Å². The minimum absolute atomic E-state index is 0.129. The SMILES string of the molecule is CC(=O)N1CCC2(CC1)CC(CC(=O)NCCN1CCc3ccccc3C1)CCO2. The van der Waals surface area contributed by atoms with E-state index in [-0.39, 0.29) is 17.4 Å². The molecule has 3 aliphatic heterocycles. The van der Waals surface area contributed by atoms with Gasteiger partial charge in [-0.3, -0.25) is 14.5 Å². The zero-order valence-corrected chi connectivity index (χ0v) is 18.2. The van der Waals surface area contributed by atoms with Gasteiger partial charge in [-0.1, -0.05) is 24.3 Å². The Morgan fingerprint density at radius 3 is 2.70 bits per heavy atom. The summed E-state index contributed by atoms with van der Waals surface area (Å²) in [6.45, 7) is 7.56. The van der Waals surface area contributed by atoms with Crippen LogP contribution >= 0.6 is 0 Å². The van der Waals surface area contributed by atoms with Gasteiger partial charge in [-0.2, -0.15) is 0 Å². The van der Waals surface area contributed by atoms with Gasteiger partial charge in [0.15, 0.2) is 0 Å². The fraction of sp³-hybridized carbons (Fsp3) is 0.667. The van der Waals surface area contributed by atoms with Gasteiger partial charge in [0.25, 0.3) is 0 Å². The molecular formula is C24H35N3O3. The molecule has 6 heteroatoms. The fourth-order valence-electron chi connectivity index (χ4n) is 5.31. The Hall–Kier alpha value is -1.92. The quantitative estimate of drug-likeness (QED) is 0.805. The van der Waals surface area contributed by atoms with Gasteiger partial charge in [-0.05, 0) is 49.1 Å². The number of carbonyl (C=O) groups excluding carboxylic acids is 2. The predicted molar refractivity (Wildman–Crippen MR) is 116 cm³/mol. The third-order valence-corrected chi connectivity index (χ3v) is 7.15. The Kier molecular flexibility index (Phi) is 6.74. The van der Waals surface area contributed by atoms with Crippen molar-refractivity contribution in [1.82, 2.24) is 15.1 Å². The molecule has 1 atom stereocenters. The molecule has 30 heavy (non-hydrogen) atoms. The van der Waals surface area contributed by atoms with Crippen LogP contribution < -0.4 is 5.32 Å². The number of hydrogen-bond donors (Lipinski definition) is 1. The highest BCUT2D eigenvalue weighted by molar-refractivity contribution is 5.76. The van der Waals surface area contributed by atoms with Crippen LogP contribution in [0.4, 0.5) is 0 Å². The molecule has 0 aliphatic carbocycles. The maximum absolute atomic E-state index is 12.5. The van der Waals surface area contributed by atoms with Crippen molar-refractivity contribution in [3.05, 3.63) is 35.4 Å². The lowest BCUT2D eigenvalue weighted by molar-refractivity contribution is -0.147. The number of ether oxygens (including phenoxy) is 1. The average Bonchev–Trinajstić information content (AvgIpc) is 2.74. The van der Waals surface area contributed by atoms with Gasteiger partial charge in [-0.15, -0.1) is 0 Å². The molecule has 3 heterocycles. The van der Waals surface area contributed by atoms with Crippen molar-refractivity contribution in [2.75, 3.05) is 39.3 Å². The first-order chi connectivity index (χ1) is 14.5. The summed E-state index contributed by atoms with van der Waals surface area (Å²) in [6, 6.07) is 8.65. The summed E-state index contributed by atoms with van der Waals surface area (Å²) < 4.78 is 6.16. The van der Waals surface area contributed by atoms with Gasteiger partial charge in [-0.25, -0.2) is 0 Å². The van der Waals surface area contributed by atoms with Crippen LogP contribution in [-0.2, 0) is 27.3 Å². The molecule has 1 aromatic rings. The third-order valence-electron chi connectivity index (χ3n) is 7.15. The van der Waals surface area contributed by atoms with Crippen LogP contribution in [0.15, 0.2) is 24.3 Å². The lowest BCUT2D eigenvalue weighted by Gasteiger charge is -2.46. The lowest BCUT2D eigenvalue weighted by atomic mass is 9.78. The van der Waals surface area contributed by atoms with Gasteiger partial charge < -0.3 is 15.0 Å². The van der Waals surface area contributed by atoms with Gasteiger partial charge in [0, 0.05) is 59.2 Å². The van der Waals surface area contributed by atoms with Crippen LogP contribution in [0.5, 0.6) is 0 Å². The molecule has 2 fully saturated rings. The molecule has 3 aliphatic rings. The largest absolute Gasteiger partial charge is 0.375 e. The number of rotatable bonds is 5. The van der Waals surface area contributed by atoms with Gasteiger partial charge in [0.1, 0.15) is 0 Å². The number of carbonyl (C=O) groups is 2. The summed E-state index contributed by atoms with van der Waals surface area (Å²) in [6.07, 6.45) is 5.35. The summed E-state index contributed by atoms with van der Waals surface area (Å²) in [7, 11) is 0. The highest BCUT2D eigenvalue weighted by Gasteiger charge is 2.41. The van der Waals surface area contributed by atoms with Crippen molar-refractivity contribution in [1.29, 1.82) is 0 Å². The molecule has 1 unspecified atom stereocenters. The molecule has 0 bridgehead atoms. The molecule has 6 nitrogen and oxygen atoms in total. The smallest absolute Gasteiger partial charge is 0.220 e. The first kappa shape index (κ1) is 21.3. The van der Waals surface area contributed by atoms with E-state index in [1.165, 1.54) is 11.1 Å². The van der Waals surface area contributed by atoms with E-state index in [2.05, 4.69) is 34.5 Å². The van der Waals surface area contributed by atoms with Crippen molar-refractivity contribution in [2.45, 2.75) is 57.6 Å². The highest BCUT2D eigenvalue weighted by atomic mass is 16.5. The molecule has 1 N–H and O–H groups in total. The van der Waals surface area contributed by atoms with E-state index in [1.807, 2.05) is 4.90 Å². The van der Waals surface area contributed by atoms with Crippen molar-refractivity contribution < 1.29 is 14.3 Å². The van der Waals surface area contributed by atoms with Gasteiger partial charge in [0.05, 0.1) is 5.60 Å². The van der Waals surface area contributed by atoms with Crippen molar-refractivity contribution >= 4 is 11.8 Å². The summed E-state index contributed by atoms with van der Waals surface area (Å²) in [5.74, 6) is 0.689. The van der Waals surface area contributed by atoms with E-state index < -0.39 is 0 Å². The zero-order valence-electron chi connectivity index (χ0n) is 18.2. The topological polar surface area (TPSA) is 61.9 Å². The maximum Gasteiger partial charge on any atom is 0.220 e. The van der Waals surface area contributed by atoms with E-state index in [9.17, 15) is 9.59 Å². The van der Waals surface area contributed by atoms with Gasteiger partial charge in [0.2, 0.25) is 11.8 Å². The van der Waals surface area contributed by atoms with Crippen LogP contribution in [0.25, 0.3) is 0 Å². The number of fused-ring (bicyclic) bond motifs is 1. The van der Waals surface area contributed by atoms with E-state index in [0.717, 1.165) is 71.4 Å². The van der Waals surface area contributed by atoms with Crippen LogP contribution in [0.2, 0.25) is 0 Å². The summed E-state index contributed by atoms with van der Waals surface area (Å²) in [4.78, 5) is 28.5. The average molecular weight is 414 g/mol. The Morgan fingerprint density at radius 1 is 1.17 bits per heavy atom. The van der Waals surface area contributed by atoms with Gasteiger partial charge >= 0.3 is 0 Å². The summed E-state index contributed by atoms with van der Waals surface area (Å²) in [5.41, 5.74) is 2.75. The lowest BCUT2D eigenvalue weighted by Crippen LogP contribution is -2.50. The standard InChI is InChI=1S/C24H35N3O3/c1-19(28)27-12-8-24(9-13-27)17-20(7-15-30-24)16-23(29)25-10-14-26-11-6-21-4-2-3-5-22(21)18-26/h2-5,20H,6-18H2,1H3,(H,25,29). The monoisotopic (exact) mass is 413 g/mol. The molecule has 2 saturated heterocycles. The Morgan fingerprint density at radius 2 is 1.93 bits per heavy atom. The number of amides is 2. The van der Waals surface area contributed by atoms with E-state index in [0.29, 0.717) is 18.9 Å². The van der Waals surface area contributed by atoms with Crippen LogP contribution in [-0.4, -0.2) is 66.5 Å². The van der Waals surface area contributed by atoms with Crippen molar-refractivity contribution in [3.63, 3.8) is 0 Å². The number of nitrogens with zero attached hydrogens (tertiary/aromatic N) is 2. The number of benzene rings is 1. The molecule has 2 amide bonds. The number of nitrogens with one attached hydrogen (secondary N) is 1. The maximum atomic E-state index is 12.5. The van der Waals surface area contributed by atoms with Crippen molar-refractivity contribution in [3.8, 4) is 0 Å². The molecule has 4 rings (SSSR count). The van der Waals surface area contributed by atoms with Crippen molar-refractivity contribution in [2.24, 2.45) is 5.92 Å². The molecule has 1 spiro atoms. The second-order valence-electron chi connectivity index (χ2n) is 9.25. The number of likely N-dealkylation sites (tertiary alicyclic amines) is 1. The Bertz CT molecular complexity index is 758. The van der Waals surface area contributed by atoms with E-state index in [4.69, 9.17) is 4.74 Å². The minimum Gasteiger partial charge on any atom is -0.375 e. The third kappa shape index (κ3) is 5.22. The van der Waals surface area contributed by atoms with Crippen LogP contribution in [0.1, 0.15) is 50.2 Å². The normalized spacial score (nSPS) is 23.8. The van der Waals surface area contributed by atoms with E-state index in [1.54, 1.807) is 6.92 Å². The molecule has 1 aromatic carbocycles. The molecular weight excluding hydrogens is 378 g/mol. The Balaban J connectivity index is 1.18. The second kappa shape index (κ2) is 9.48. The first-order valence-electron chi connectivity index (χ1n) is 11.5. The molecule has 0 radical (unpaired) electrons. The minimum atomic E-state index is -0.129. The number of hydrogen-bond acceptors (Lipinski definition) is 4. The first-order valence-corrected chi connectivity index (χ1v) is 11.5. The Labute approximate surface area is 179 Å². The summed E-state index contributed by atoms with van der Waals surface area (Å²) in [5, 5.41) is 3.14. The molecule has 0 saturated carbocycles. The van der Waals surface area contributed by atoms with E-state index >= 15 is 0 Å². The second-order valence-corrected chi connectivity index (χ2v) is 9.25. The summed E-state index contributed by atoms with van der Waals surface area (Å²) >= 11 is 0. The highest BCUT2D eigenvalue weighted by Crippen LogP contribution is 2.38. The fourth-order valence-corrected chi connectivity index (χ4v) is 5.31. The molecule has 164 valence electrons.